The van der Waals surface area contributed by atoms with E-state index in [1.54, 1.807) is 0 Å². The third kappa shape index (κ3) is 3.78. The fraction of sp³-hybridized carbons (Fsp3) is 0.950. The van der Waals surface area contributed by atoms with Crippen LogP contribution in [0.1, 0.15) is 57.8 Å². The highest BCUT2D eigenvalue weighted by molar-refractivity contribution is 5.85. The zero-order valence-corrected chi connectivity index (χ0v) is 16.9. The summed E-state index contributed by atoms with van der Waals surface area (Å²) in [5, 5.41) is 6.97. The Kier molecular flexibility index (Phi) is 6.87. The Labute approximate surface area is 164 Å². The highest BCUT2D eigenvalue weighted by Gasteiger charge is 2.50. The molecule has 2 atom stereocenters. The van der Waals surface area contributed by atoms with Gasteiger partial charge in [0.25, 0.3) is 0 Å². The van der Waals surface area contributed by atoms with Crippen LogP contribution in [0.3, 0.4) is 0 Å². The van der Waals surface area contributed by atoms with Crippen LogP contribution in [0.25, 0.3) is 0 Å². The molecule has 4 fully saturated rings. The first kappa shape index (κ1) is 20.4. The van der Waals surface area contributed by atoms with Crippen molar-refractivity contribution in [3.8, 4) is 0 Å². The number of hydrogen-bond acceptors (Lipinski definition) is 4. The third-order valence-corrected chi connectivity index (χ3v) is 7.53. The summed E-state index contributed by atoms with van der Waals surface area (Å²) in [5.41, 5.74) is 0.0453. The van der Waals surface area contributed by atoms with Crippen molar-refractivity contribution in [1.82, 2.24) is 15.5 Å². The van der Waals surface area contributed by atoms with Gasteiger partial charge in [0.1, 0.15) is 0 Å². The van der Waals surface area contributed by atoms with Gasteiger partial charge >= 0.3 is 0 Å². The Balaban J connectivity index is 0.00000196. The van der Waals surface area contributed by atoms with E-state index in [-0.39, 0.29) is 23.4 Å². The lowest BCUT2D eigenvalue weighted by molar-refractivity contribution is -0.135. The van der Waals surface area contributed by atoms with Gasteiger partial charge in [0.05, 0.1) is 18.6 Å². The zero-order valence-electron chi connectivity index (χ0n) is 16.1. The molecule has 0 aromatic carbocycles. The lowest BCUT2D eigenvalue weighted by Gasteiger charge is -2.49. The summed E-state index contributed by atoms with van der Waals surface area (Å²) in [7, 11) is 0. The number of halogens is 1. The molecule has 1 amide bonds. The molecular formula is C20H36ClN3O2. The van der Waals surface area contributed by atoms with Crippen LogP contribution in [0.2, 0.25) is 0 Å². The predicted molar refractivity (Wildman–Crippen MR) is 106 cm³/mol. The maximum atomic E-state index is 13.3. The predicted octanol–water partition coefficient (Wildman–Crippen LogP) is 2.34. The van der Waals surface area contributed by atoms with E-state index < -0.39 is 0 Å². The number of amides is 1. The molecule has 2 aliphatic heterocycles. The van der Waals surface area contributed by atoms with Crippen LogP contribution < -0.4 is 10.6 Å². The molecule has 2 saturated carbocycles. The van der Waals surface area contributed by atoms with Gasteiger partial charge in [0.15, 0.2) is 0 Å². The SMILES string of the molecule is Cl.O=C(NCC1(N2CCOCC2)CCCCC1)[C@@]12CCCC[C@H]1CNC2. The first-order valence-electron chi connectivity index (χ1n) is 10.6. The molecule has 2 saturated heterocycles. The second-order valence-corrected chi connectivity index (χ2v) is 8.80. The number of rotatable bonds is 4. The molecule has 4 aliphatic rings. The Morgan fingerprint density at radius 2 is 1.81 bits per heavy atom. The fourth-order valence-electron chi connectivity index (χ4n) is 5.96. The molecule has 150 valence electrons. The Morgan fingerprint density at radius 3 is 2.58 bits per heavy atom. The van der Waals surface area contributed by atoms with Gasteiger partial charge in [-0.05, 0) is 38.1 Å². The molecule has 6 heteroatoms. The van der Waals surface area contributed by atoms with Crippen molar-refractivity contribution in [2.45, 2.75) is 63.3 Å². The molecule has 0 radical (unpaired) electrons. The summed E-state index contributed by atoms with van der Waals surface area (Å²) in [5.74, 6) is 0.882. The Hall–Kier alpha value is -0.360. The van der Waals surface area contributed by atoms with E-state index in [4.69, 9.17) is 4.74 Å². The number of hydrogen-bond donors (Lipinski definition) is 2. The molecule has 0 aromatic heterocycles. The minimum Gasteiger partial charge on any atom is -0.379 e. The minimum atomic E-state index is -0.126. The third-order valence-electron chi connectivity index (χ3n) is 7.53. The molecule has 0 unspecified atom stereocenters. The highest BCUT2D eigenvalue weighted by atomic mass is 35.5. The molecule has 0 spiro atoms. The summed E-state index contributed by atoms with van der Waals surface area (Å²) in [4.78, 5) is 15.9. The number of fused-ring (bicyclic) bond motifs is 1. The second-order valence-electron chi connectivity index (χ2n) is 8.80. The average Bonchev–Trinajstić information content (AvgIpc) is 3.13. The molecule has 4 rings (SSSR count). The van der Waals surface area contributed by atoms with Gasteiger partial charge < -0.3 is 15.4 Å². The molecule has 2 N–H and O–H groups in total. The quantitative estimate of drug-likeness (QED) is 0.779. The van der Waals surface area contributed by atoms with Crippen molar-refractivity contribution in [3.05, 3.63) is 0 Å². The summed E-state index contributed by atoms with van der Waals surface area (Å²) in [6.45, 7) is 6.46. The molecular weight excluding hydrogens is 350 g/mol. The van der Waals surface area contributed by atoms with Gasteiger partial charge in [-0.3, -0.25) is 9.69 Å². The maximum absolute atomic E-state index is 13.3. The normalized spacial score (nSPS) is 34.5. The van der Waals surface area contributed by atoms with Gasteiger partial charge in [-0.2, -0.15) is 0 Å². The summed E-state index contributed by atoms with van der Waals surface area (Å²) in [6, 6.07) is 0. The van der Waals surface area contributed by atoms with Crippen LogP contribution in [0, 0.1) is 11.3 Å². The highest BCUT2D eigenvalue weighted by Crippen LogP contribution is 2.44. The van der Waals surface area contributed by atoms with E-state index in [1.165, 1.54) is 51.4 Å². The van der Waals surface area contributed by atoms with E-state index in [9.17, 15) is 4.79 Å². The van der Waals surface area contributed by atoms with Crippen LogP contribution in [0.15, 0.2) is 0 Å². The van der Waals surface area contributed by atoms with Crippen LogP contribution >= 0.6 is 12.4 Å². The van der Waals surface area contributed by atoms with Crippen molar-refractivity contribution < 1.29 is 9.53 Å². The largest absolute Gasteiger partial charge is 0.379 e. The van der Waals surface area contributed by atoms with E-state index >= 15 is 0 Å². The second kappa shape index (κ2) is 8.76. The van der Waals surface area contributed by atoms with Crippen LogP contribution in [0.4, 0.5) is 0 Å². The number of morpholine rings is 1. The standard InChI is InChI=1S/C20H35N3O2.ClH/c24-18(20-9-5-2-6-17(20)14-21-16-20)22-15-19(7-3-1-4-8-19)23-10-12-25-13-11-23;/h17,21H,1-16H2,(H,22,24);1H/t17-,20+;/m0./s1. The van der Waals surface area contributed by atoms with Gasteiger partial charge in [-0.1, -0.05) is 32.1 Å². The number of ether oxygens (including phenoxy) is 1. The Bertz CT molecular complexity index is 478. The van der Waals surface area contributed by atoms with Crippen LogP contribution in [0.5, 0.6) is 0 Å². The van der Waals surface area contributed by atoms with Crippen molar-refractivity contribution in [2.75, 3.05) is 45.9 Å². The molecule has 5 nitrogen and oxygen atoms in total. The van der Waals surface area contributed by atoms with E-state index in [1.807, 2.05) is 0 Å². The number of carbonyl (C=O) groups is 1. The van der Waals surface area contributed by atoms with E-state index in [2.05, 4.69) is 15.5 Å². The van der Waals surface area contributed by atoms with Crippen LogP contribution in [-0.2, 0) is 9.53 Å². The van der Waals surface area contributed by atoms with E-state index in [0.29, 0.717) is 11.8 Å². The monoisotopic (exact) mass is 385 g/mol. The molecule has 0 bridgehead atoms. The summed E-state index contributed by atoms with van der Waals surface area (Å²) in [6.07, 6.45) is 11.2. The number of nitrogens with one attached hydrogen (secondary N) is 2. The first-order valence-corrected chi connectivity index (χ1v) is 10.6. The van der Waals surface area contributed by atoms with Crippen molar-refractivity contribution >= 4 is 18.3 Å². The van der Waals surface area contributed by atoms with Gasteiger partial charge in [0, 0.05) is 31.7 Å². The summed E-state index contributed by atoms with van der Waals surface area (Å²) < 4.78 is 5.57. The fourth-order valence-corrected chi connectivity index (χ4v) is 5.96. The van der Waals surface area contributed by atoms with Crippen molar-refractivity contribution in [3.63, 3.8) is 0 Å². The zero-order chi connectivity index (χ0) is 17.2. The average molecular weight is 386 g/mol. The van der Waals surface area contributed by atoms with E-state index in [0.717, 1.165) is 52.4 Å². The molecule has 26 heavy (non-hydrogen) atoms. The summed E-state index contributed by atoms with van der Waals surface area (Å²) >= 11 is 0. The van der Waals surface area contributed by atoms with Gasteiger partial charge in [-0.25, -0.2) is 0 Å². The smallest absolute Gasteiger partial charge is 0.227 e. The van der Waals surface area contributed by atoms with Crippen LogP contribution in [-0.4, -0.2) is 62.3 Å². The molecule has 0 aromatic rings. The number of carbonyl (C=O) groups excluding carboxylic acids is 1. The lowest BCUT2D eigenvalue weighted by Crippen LogP contribution is -2.61. The topological polar surface area (TPSA) is 53.6 Å². The molecule has 2 aliphatic carbocycles. The lowest BCUT2D eigenvalue weighted by atomic mass is 9.67. The maximum Gasteiger partial charge on any atom is 0.227 e. The minimum absolute atomic E-state index is 0. The Morgan fingerprint density at radius 1 is 1.08 bits per heavy atom. The van der Waals surface area contributed by atoms with Gasteiger partial charge in [-0.15, -0.1) is 12.4 Å². The first-order chi connectivity index (χ1) is 12.3. The van der Waals surface area contributed by atoms with Crippen molar-refractivity contribution in [1.29, 1.82) is 0 Å². The van der Waals surface area contributed by atoms with Gasteiger partial charge in [0.2, 0.25) is 5.91 Å². The number of nitrogens with zero attached hydrogens (tertiary/aromatic N) is 1. The molecule has 2 heterocycles. The van der Waals surface area contributed by atoms with Crippen molar-refractivity contribution in [2.24, 2.45) is 11.3 Å².